The SMILES string of the molecule is O=C1COCCc2c1csc2Br. The van der Waals surface area contributed by atoms with Crippen LogP contribution < -0.4 is 0 Å². The zero-order chi connectivity index (χ0) is 8.55. The fourth-order valence-electron chi connectivity index (χ4n) is 1.24. The number of Topliss-reactive ketones (excluding diaryl/α,β-unsaturated/α-hetero) is 1. The first-order valence-corrected chi connectivity index (χ1v) is 5.33. The number of ether oxygens (including phenoxy) is 1. The van der Waals surface area contributed by atoms with Gasteiger partial charge in [-0.15, -0.1) is 11.3 Å². The summed E-state index contributed by atoms with van der Waals surface area (Å²) in [5.74, 6) is 0.101. The van der Waals surface area contributed by atoms with Gasteiger partial charge in [0.05, 0.1) is 10.4 Å². The van der Waals surface area contributed by atoms with Gasteiger partial charge in [0.1, 0.15) is 6.61 Å². The maximum absolute atomic E-state index is 11.4. The molecule has 0 bridgehead atoms. The molecule has 0 saturated carbocycles. The predicted octanol–water partition coefficient (Wildman–Crippen LogP) is 2.27. The van der Waals surface area contributed by atoms with Crippen molar-refractivity contribution in [3.05, 3.63) is 20.3 Å². The molecule has 0 aliphatic carbocycles. The second kappa shape index (κ2) is 3.28. The topological polar surface area (TPSA) is 26.3 Å². The lowest BCUT2D eigenvalue weighted by molar-refractivity contribution is 0.0788. The van der Waals surface area contributed by atoms with E-state index in [1.165, 1.54) is 0 Å². The number of fused-ring (bicyclic) bond motifs is 1. The van der Waals surface area contributed by atoms with Gasteiger partial charge in [0.25, 0.3) is 0 Å². The van der Waals surface area contributed by atoms with Crippen molar-refractivity contribution in [2.45, 2.75) is 6.42 Å². The van der Waals surface area contributed by atoms with Crippen molar-refractivity contribution in [3.8, 4) is 0 Å². The molecule has 1 aromatic rings. The summed E-state index contributed by atoms with van der Waals surface area (Å²) in [4.78, 5) is 11.4. The average molecular weight is 247 g/mol. The molecule has 12 heavy (non-hydrogen) atoms. The number of hydrogen-bond acceptors (Lipinski definition) is 3. The van der Waals surface area contributed by atoms with Crippen molar-refractivity contribution in [1.29, 1.82) is 0 Å². The summed E-state index contributed by atoms with van der Waals surface area (Å²) in [5.41, 5.74) is 1.95. The van der Waals surface area contributed by atoms with Crippen LogP contribution >= 0.6 is 27.3 Å². The number of ketones is 1. The van der Waals surface area contributed by atoms with Crippen LogP contribution in [-0.4, -0.2) is 19.0 Å². The summed E-state index contributed by atoms with van der Waals surface area (Å²) >= 11 is 5.00. The monoisotopic (exact) mass is 246 g/mol. The van der Waals surface area contributed by atoms with Crippen LogP contribution in [-0.2, 0) is 11.2 Å². The highest BCUT2D eigenvalue weighted by Crippen LogP contribution is 2.30. The number of rotatable bonds is 0. The molecule has 0 radical (unpaired) electrons. The molecule has 2 nitrogen and oxygen atoms in total. The van der Waals surface area contributed by atoms with Crippen LogP contribution in [0.25, 0.3) is 0 Å². The lowest BCUT2D eigenvalue weighted by Crippen LogP contribution is -2.05. The molecule has 0 fully saturated rings. The third-order valence-electron chi connectivity index (χ3n) is 1.87. The van der Waals surface area contributed by atoms with Crippen LogP contribution in [0.3, 0.4) is 0 Å². The maximum Gasteiger partial charge on any atom is 0.189 e. The Hall–Kier alpha value is -0.190. The molecule has 2 heterocycles. The Kier molecular flexibility index (Phi) is 2.30. The minimum Gasteiger partial charge on any atom is -0.373 e. The lowest BCUT2D eigenvalue weighted by atomic mass is 10.1. The van der Waals surface area contributed by atoms with Gasteiger partial charge in [-0.3, -0.25) is 4.79 Å². The molecule has 1 aromatic heterocycles. The first-order valence-electron chi connectivity index (χ1n) is 3.66. The predicted molar refractivity (Wildman–Crippen MR) is 50.9 cm³/mol. The molecule has 1 aliphatic heterocycles. The normalized spacial score (nSPS) is 17.2. The minimum absolute atomic E-state index is 0.101. The Morgan fingerprint density at radius 2 is 2.42 bits per heavy atom. The summed E-state index contributed by atoms with van der Waals surface area (Å²) in [6.45, 7) is 0.879. The molecule has 2 rings (SSSR count). The molecular formula is C8H7BrO2S. The van der Waals surface area contributed by atoms with Crippen LogP contribution in [0.2, 0.25) is 0 Å². The van der Waals surface area contributed by atoms with Crippen LogP contribution in [0.4, 0.5) is 0 Å². The molecule has 0 unspecified atom stereocenters. The van der Waals surface area contributed by atoms with Gasteiger partial charge in [0, 0.05) is 10.9 Å². The van der Waals surface area contributed by atoms with Gasteiger partial charge < -0.3 is 4.74 Å². The summed E-state index contributed by atoms with van der Waals surface area (Å²) < 4.78 is 6.20. The van der Waals surface area contributed by atoms with E-state index in [0.29, 0.717) is 6.61 Å². The van der Waals surface area contributed by atoms with Gasteiger partial charge >= 0.3 is 0 Å². The number of carbonyl (C=O) groups is 1. The van der Waals surface area contributed by atoms with E-state index < -0.39 is 0 Å². The highest BCUT2D eigenvalue weighted by molar-refractivity contribution is 9.11. The van der Waals surface area contributed by atoms with E-state index in [9.17, 15) is 4.79 Å². The quantitative estimate of drug-likeness (QED) is 0.702. The zero-order valence-electron chi connectivity index (χ0n) is 6.30. The molecule has 0 N–H and O–H groups in total. The van der Waals surface area contributed by atoms with Crippen molar-refractivity contribution in [2.24, 2.45) is 0 Å². The molecule has 0 spiro atoms. The van der Waals surface area contributed by atoms with Crippen molar-refractivity contribution in [3.63, 3.8) is 0 Å². The Bertz CT molecular complexity index is 319. The second-order valence-corrected chi connectivity index (χ2v) is 4.82. The van der Waals surface area contributed by atoms with Gasteiger partial charge in [0.2, 0.25) is 0 Å². The second-order valence-electron chi connectivity index (χ2n) is 2.63. The fraction of sp³-hybridized carbons (Fsp3) is 0.375. The number of carbonyl (C=O) groups excluding carboxylic acids is 1. The van der Waals surface area contributed by atoms with Crippen LogP contribution in [0.5, 0.6) is 0 Å². The van der Waals surface area contributed by atoms with E-state index in [-0.39, 0.29) is 12.4 Å². The molecule has 1 aliphatic rings. The Balaban J connectivity index is 2.47. The van der Waals surface area contributed by atoms with E-state index in [0.717, 1.165) is 21.3 Å². The molecule has 0 atom stereocenters. The third-order valence-corrected chi connectivity index (χ3v) is 3.72. The average Bonchev–Trinajstić information content (AvgIpc) is 2.30. The number of halogens is 1. The maximum atomic E-state index is 11.4. The van der Waals surface area contributed by atoms with Gasteiger partial charge in [0.15, 0.2) is 5.78 Å². The summed E-state index contributed by atoms with van der Waals surface area (Å²) in [6.07, 6.45) is 0.838. The van der Waals surface area contributed by atoms with E-state index >= 15 is 0 Å². The molecule has 64 valence electrons. The molecule has 0 aromatic carbocycles. The highest BCUT2D eigenvalue weighted by atomic mass is 79.9. The third kappa shape index (κ3) is 1.34. The first-order chi connectivity index (χ1) is 5.79. The Morgan fingerprint density at radius 1 is 1.58 bits per heavy atom. The van der Waals surface area contributed by atoms with Crippen LogP contribution in [0.15, 0.2) is 9.17 Å². The molecular weight excluding hydrogens is 240 g/mol. The summed E-state index contributed by atoms with van der Waals surface area (Å²) in [5, 5.41) is 1.90. The molecule has 0 amide bonds. The Labute approximate surface area is 82.7 Å². The van der Waals surface area contributed by atoms with Crippen molar-refractivity contribution in [2.75, 3.05) is 13.2 Å². The molecule has 0 saturated heterocycles. The van der Waals surface area contributed by atoms with Crippen molar-refractivity contribution in [1.82, 2.24) is 0 Å². The molecule has 4 heteroatoms. The highest BCUT2D eigenvalue weighted by Gasteiger charge is 2.19. The fourth-order valence-corrected chi connectivity index (χ4v) is 2.78. The van der Waals surface area contributed by atoms with Crippen molar-refractivity contribution < 1.29 is 9.53 Å². The van der Waals surface area contributed by atoms with Gasteiger partial charge in [-0.25, -0.2) is 0 Å². The standard InChI is InChI=1S/C8H7BrO2S/c9-8-5-1-2-11-3-7(10)6(5)4-12-8/h4H,1-3H2. The van der Waals surface area contributed by atoms with Gasteiger partial charge in [-0.2, -0.15) is 0 Å². The minimum atomic E-state index is 0.101. The van der Waals surface area contributed by atoms with E-state index in [1.807, 2.05) is 5.38 Å². The summed E-state index contributed by atoms with van der Waals surface area (Å²) in [7, 11) is 0. The van der Waals surface area contributed by atoms with E-state index in [1.54, 1.807) is 11.3 Å². The number of thiophene rings is 1. The van der Waals surface area contributed by atoms with Crippen molar-refractivity contribution >= 4 is 33.0 Å². The zero-order valence-corrected chi connectivity index (χ0v) is 8.70. The largest absolute Gasteiger partial charge is 0.373 e. The lowest BCUT2D eigenvalue weighted by Gasteiger charge is -1.94. The smallest absolute Gasteiger partial charge is 0.189 e. The van der Waals surface area contributed by atoms with Gasteiger partial charge in [-0.1, -0.05) is 0 Å². The Morgan fingerprint density at radius 3 is 3.25 bits per heavy atom. The first kappa shape index (κ1) is 8.41. The van der Waals surface area contributed by atoms with Crippen LogP contribution in [0, 0.1) is 0 Å². The number of hydrogen-bond donors (Lipinski definition) is 0. The van der Waals surface area contributed by atoms with Gasteiger partial charge in [-0.05, 0) is 27.9 Å². The van der Waals surface area contributed by atoms with Crippen LogP contribution in [0.1, 0.15) is 15.9 Å². The summed E-state index contributed by atoms with van der Waals surface area (Å²) in [6, 6.07) is 0. The van der Waals surface area contributed by atoms with E-state index in [2.05, 4.69) is 15.9 Å². The van der Waals surface area contributed by atoms with E-state index in [4.69, 9.17) is 4.74 Å².